The summed E-state index contributed by atoms with van der Waals surface area (Å²) >= 11 is 3.70. The van der Waals surface area contributed by atoms with E-state index in [9.17, 15) is 4.79 Å². The van der Waals surface area contributed by atoms with Gasteiger partial charge in [-0.3, -0.25) is 4.79 Å². The van der Waals surface area contributed by atoms with Gasteiger partial charge in [-0.1, -0.05) is 33.6 Å². The highest BCUT2D eigenvalue weighted by molar-refractivity contribution is 9.10. The number of carbonyl (C=O) groups excluding carboxylic acids is 1. The monoisotopic (exact) mass is 512 g/mol. The molecule has 6 heteroatoms. The highest BCUT2D eigenvalue weighted by Gasteiger charge is 2.47. The van der Waals surface area contributed by atoms with Gasteiger partial charge in [-0.15, -0.1) is 0 Å². The number of aryl methyl sites for hydroxylation is 1. The molecule has 2 aromatic carbocycles. The first-order valence-corrected chi connectivity index (χ1v) is 12.9. The summed E-state index contributed by atoms with van der Waals surface area (Å²) in [5.74, 6) is 4.65. The highest BCUT2D eigenvalue weighted by Crippen LogP contribution is 2.53. The summed E-state index contributed by atoms with van der Waals surface area (Å²) in [4.78, 5) is 12.3. The molecule has 33 heavy (non-hydrogen) atoms. The van der Waals surface area contributed by atoms with E-state index in [1.165, 1.54) is 32.1 Å². The third-order valence-electron chi connectivity index (χ3n) is 7.78. The second-order valence-corrected chi connectivity index (χ2v) is 11.0. The van der Waals surface area contributed by atoms with E-state index in [4.69, 9.17) is 9.47 Å². The lowest BCUT2D eigenvalue weighted by molar-refractivity contribution is -0.118. The normalized spacial score (nSPS) is 27.4. The summed E-state index contributed by atoms with van der Waals surface area (Å²) in [6.45, 7) is 2.74. The minimum Gasteiger partial charge on any atom is -0.493 e. The van der Waals surface area contributed by atoms with Crippen LogP contribution in [0.15, 0.2) is 40.9 Å². The lowest BCUT2D eigenvalue weighted by Crippen LogP contribution is -2.54. The molecule has 5 nitrogen and oxygen atoms in total. The number of carbonyl (C=O) groups is 1. The number of rotatable bonds is 8. The second-order valence-electron chi connectivity index (χ2n) is 10.1. The zero-order chi connectivity index (χ0) is 22.9. The molecule has 4 fully saturated rings. The molecule has 2 N–H and O–H groups in total. The number of methoxy groups -OCH3 is 1. The number of anilines is 1. The molecular weight excluding hydrogens is 480 g/mol. The van der Waals surface area contributed by atoms with Crippen LogP contribution in [0, 0.1) is 30.6 Å². The van der Waals surface area contributed by atoms with Crippen LogP contribution in [0.25, 0.3) is 0 Å². The molecule has 0 aromatic heterocycles. The maximum Gasteiger partial charge on any atom is 0.262 e. The molecule has 4 saturated carbocycles. The topological polar surface area (TPSA) is 59.6 Å². The van der Waals surface area contributed by atoms with Crippen molar-refractivity contribution in [2.24, 2.45) is 23.7 Å². The van der Waals surface area contributed by atoms with Gasteiger partial charge in [0.05, 0.1) is 7.11 Å². The van der Waals surface area contributed by atoms with Crippen LogP contribution in [0.4, 0.5) is 5.69 Å². The predicted octanol–water partition coefficient (Wildman–Crippen LogP) is 5.70. The third-order valence-corrected chi connectivity index (χ3v) is 8.52. The van der Waals surface area contributed by atoms with E-state index < -0.39 is 0 Å². The van der Waals surface area contributed by atoms with Crippen LogP contribution in [-0.2, 0) is 11.3 Å². The number of nitrogens with one attached hydrogen (secondary N) is 2. The number of hydrogen-bond acceptors (Lipinski definition) is 4. The average molecular weight is 513 g/mol. The van der Waals surface area contributed by atoms with Crippen LogP contribution < -0.4 is 20.1 Å². The molecular formula is C27H33BrN2O3. The minimum atomic E-state index is -0.204. The van der Waals surface area contributed by atoms with Gasteiger partial charge in [0, 0.05) is 22.7 Å². The van der Waals surface area contributed by atoms with Gasteiger partial charge >= 0.3 is 0 Å². The Bertz CT molecular complexity index is 979. The van der Waals surface area contributed by atoms with Crippen LogP contribution in [0.1, 0.15) is 43.2 Å². The van der Waals surface area contributed by atoms with Crippen LogP contribution in [0.5, 0.6) is 11.5 Å². The molecule has 0 unspecified atom stereocenters. The van der Waals surface area contributed by atoms with Crippen molar-refractivity contribution in [1.29, 1.82) is 0 Å². The number of hydrogen-bond donors (Lipinski definition) is 2. The van der Waals surface area contributed by atoms with E-state index in [0.717, 1.165) is 51.5 Å². The molecule has 6 rings (SSSR count). The fourth-order valence-electron chi connectivity index (χ4n) is 6.45. The molecule has 0 heterocycles. The first kappa shape index (κ1) is 22.7. The van der Waals surface area contributed by atoms with Gasteiger partial charge in [-0.2, -0.15) is 0 Å². The van der Waals surface area contributed by atoms with E-state index in [0.29, 0.717) is 17.5 Å². The van der Waals surface area contributed by atoms with Crippen molar-refractivity contribution in [1.82, 2.24) is 5.32 Å². The largest absolute Gasteiger partial charge is 0.493 e. The quantitative estimate of drug-likeness (QED) is 0.476. The Morgan fingerprint density at radius 1 is 1.00 bits per heavy atom. The molecule has 0 aliphatic heterocycles. The zero-order valence-corrected chi connectivity index (χ0v) is 21.0. The number of benzene rings is 2. The Hall–Kier alpha value is -2.05. The Kier molecular flexibility index (Phi) is 6.66. The Morgan fingerprint density at radius 3 is 2.30 bits per heavy atom. The molecule has 4 aliphatic rings. The van der Waals surface area contributed by atoms with Gasteiger partial charge in [0.25, 0.3) is 5.91 Å². The molecule has 0 saturated heterocycles. The smallest absolute Gasteiger partial charge is 0.262 e. The first-order valence-electron chi connectivity index (χ1n) is 12.1. The van der Waals surface area contributed by atoms with Crippen molar-refractivity contribution in [3.63, 3.8) is 0 Å². The Balaban J connectivity index is 1.19. The van der Waals surface area contributed by atoms with Crippen molar-refractivity contribution in [3.8, 4) is 11.5 Å². The van der Waals surface area contributed by atoms with Gasteiger partial charge < -0.3 is 20.1 Å². The lowest BCUT2D eigenvalue weighted by Gasteiger charge is -2.54. The van der Waals surface area contributed by atoms with E-state index >= 15 is 0 Å². The summed E-state index contributed by atoms with van der Waals surface area (Å²) in [5.41, 5.74) is 3.06. The minimum absolute atomic E-state index is 0.0813. The van der Waals surface area contributed by atoms with Gasteiger partial charge in [0.2, 0.25) is 0 Å². The van der Waals surface area contributed by atoms with E-state index in [1.807, 2.05) is 43.3 Å². The first-order chi connectivity index (χ1) is 16.0. The van der Waals surface area contributed by atoms with Crippen molar-refractivity contribution < 1.29 is 14.3 Å². The second kappa shape index (κ2) is 9.67. The van der Waals surface area contributed by atoms with Gasteiger partial charge in [0.1, 0.15) is 0 Å². The van der Waals surface area contributed by atoms with Gasteiger partial charge in [-0.25, -0.2) is 0 Å². The molecule has 4 aliphatic carbocycles. The van der Waals surface area contributed by atoms with Crippen LogP contribution in [-0.4, -0.2) is 25.7 Å². The summed E-state index contributed by atoms with van der Waals surface area (Å²) in [6.07, 6.45) is 7.12. The molecule has 176 valence electrons. The molecule has 2 aromatic rings. The maximum absolute atomic E-state index is 12.3. The van der Waals surface area contributed by atoms with Gasteiger partial charge in [-0.05, 0) is 92.5 Å². The molecule has 1 amide bonds. The Labute approximate surface area is 204 Å². The standard InChI is InChI=1S/C27H33BrN2O3/c1-16-3-5-22(6-4-16)30-26(31)15-33-25-13-23(28)21(12-24(25)32-2)14-29-27-19-8-17-7-18(10-19)11-20(27)9-17/h3-6,12-13,17-20,27,29H,7-11,14-15H2,1-2H3,(H,30,31). The maximum atomic E-state index is 12.3. The third kappa shape index (κ3) is 5.07. The van der Waals surface area contributed by atoms with Gasteiger partial charge in [0.15, 0.2) is 18.1 Å². The van der Waals surface area contributed by atoms with E-state index in [1.54, 1.807) is 7.11 Å². The average Bonchev–Trinajstić information content (AvgIpc) is 2.79. The Morgan fingerprint density at radius 2 is 1.67 bits per heavy atom. The summed E-state index contributed by atoms with van der Waals surface area (Å²) in [6, 6.07) is 12.3. The van der Waals surface area contributed by atoms with Crippen molar-refractivity contribution in [2.45, 2.75) is 51.6 Å². The zero-order valence-electron chi connectivity index (χ0n) is 19.4. The number of ether oxygens (including phenoxy) is 2. The van der Waals surface area contributed by atoms with E-state index in [-0.39, 0.29) is 12.5 Å². The van der Waals surface area contributed by atoms with Crippen molar-refractivity contribution >= 4 is 27.5 Å². The fourth-order valence-corrected chi connectivity index (χ4v) is 6.91. The highest BCUT2D eigenvalue weighted by atomic mass is 79.9. The summed E-state index contributed by atoms with van der Waals surface area (Å²) in [5, 5.41) is 6.74. The molecule has 0 radical (unpaired) electrons. The SMILES string of the molecule is COc1cc(CNC2C3CC4CC(C3)CC2C4)c(Br)cc1OCC(=O)Nc1ccc(C)cc1. The van der Waals surface area contributed by atoms with Crippen LogP contribution in [0.2, 0.25) is 0 Å². The van der Waals surface area contributed by atoms with Crippen LogP contribution >= 0.6 is 15.9 Å². The number of amides is 1. The predicted molar refractivity (Wildman–Crippen MR) is 134 cm³/mol. The van der Waals surface area contributed by atoms with E-state index in [2.05, 4.69) is 26.6 Å². The van der Waals surface area contributed by atoms with Crippen molar-refractivity contribution in [3.05, 3.63) is 52.0 Å². The van der Waals surface area contributed by atoms with Crippen LogP contribution in [0.3, 0.4) is 0 Å². The molecule has 0 spiro atoms. The fraction of sp³-hybridized carbons (Fsp3) is 0.519. The molecule has 4 bridgehead atoms. The van der Waals surface area contributed by atoms with Crippen molar-refractivity contribution in [2.75, 3.05) is 19.0 Å². The number of halogens is 1. The lowest BCUT2D eigenvalue weighted by atomic mass is 9.54. The summed E-state index contributed by atoms with van der Waals surface area (Å²) < 4.78 is 12.4. The summed E-state index contributed by atoms with van der Waals surface area (Å²) in [7, 11) is 1.64. The molecule has 0 atom stereocenters.